The van der Waals surface area contributed by atoms with E-state index in [0.717, 1.165) is 16.5 Å². The van der Waals surface area contributed by atoms with E-state index >= 15 is 0 Å². The van der Waals surface area contributed by atoms with E-state index in [0.29, 0.717) is 13.0 Å². The van der Waals surface area contributed by atoms with E-state index in [1.54, 1.807) is 30.4 Å². The summed E-state index contributed by atoms with van der Waals surface area (Å²) in [5.41, 5.74) is 0.976. The van der Waals surface area contributed by atoms with Gasteiger partial charge >= 0.3 is 0 Å². The van der Waals surface area contributed by atoms with Crippen LogP contribution in [0.2, 0.25) is 0 Å². The summed E-state index contributed by atoms with van der Waals surface area (Å²) in [4.78, 5) is 19.8. The number of carbonyl (C=O) groups is 1. The summed E-state index contributed by atoms with van der Waals surface area (Å²) in [6.07, 6.45) is 7.46. The van der Waals surface area contributed by atoms with Crippen molar-refractivity contribution < 1.29 is 4.79 Å². The fraction of sp³-hybridized carbons (Fsp3) is 0.308. The van der Waals surface area contributed by atoms with E-state index in [9.17, 15) is 4.79 Å². The Bertz CT molecular complexity index is 526. The number of hydrogen-bond donors (Lipinski definition) is 1. The number of thioether (sulfide) groups is 1. The Kier molecular flexibility index (Phi) is 4.97. The lowest BCUT2D eigenvalue weighted by Crippen LogP contribution is -2.27. The molecule has 0 unspecified atom stereocenters. The molecule has 100 valence electrons. The van der Waals surface area contributed by atoms with Gasteiger partial charge in [-0.1, -0.05) is 11.8 Å². The van der Waals surface area contributed by atoms with Gasteiger partial charge in [0, 0.05) is 44.1 Å². The number of carbonyl (C=O) groups excluding carboxylic acids is 1. The lowest BCUT2D eigenvalue weighted by atomic mass is 10.2. The number of imidazole rings is 1. The van der Waals surface area contributed by atoms with Crippen molar-refractivity contribution in [3.8, 4) is 0 Å². The van der Waals surface area contributed by atoms with Gasteiger partial charge in [0.25, 0.3) is 0 Å². The van der Waals surface area contributed by atoms with Crippen molar-refractivity contribution in [1.29, 1.82) is 0 Å². The highest BCUT2D eigenvalue weighted by atomic mass is 32.2. The standard InChI is InChI=1S/C13H16N4OS/c1-17-8-6-16-13(17)19-9-7-15-12(18)10-11-2-4-14-5-3-11/h2-6,8H,7,9-10H2,1H3,(H,15,18). The molecule has 1 N–H and O–H groups in total. The zero-order chi connectivity index (χ0) is 13.5. The highest BCUT2D eigenvalue weighted by Gasteiger charge is 2.03. The van der Waals surface area contributed by atoms with Crippen LogP contribution in [0.5, 0.6) is 0 Å². The average Bonchev–Trinajstić information content (AvgIpc) is 2.81. The Morgan fingerprint density at radius 1 is 1.37 bits per heavy atom. The summed E-state index contributed by atoms with van der Waals surface area (Å²) >= 11 is 1.63. The van der Waals surface area contributed by atoms with Crippen LogP contribution in [0.4, 0.5) is 0 Å². The maximum Gasteiger partial charge on any atom is 0.224 e. The number of aryl methyl sites for hydroxylation is 1. The molecule has 6 heteroatoms. The molecule has 19 heavy (non-hydrogen) atoms. The van der Waals surface area contributed by atoms with Gasteiger partial charge in [-0.3, -0.25) is 9.78 Å². The number of aromatic nitrogens is 3. The van der Waals surface area contributed by atoms with E-state index in [-0.39, 0.29) is 5.91 Å². The molecule has 0 spiro atoms. The van der Waals surface area contributed by atoms with Gasteiger partial charge in [0.05, 0.1) is 6.42 Å². The molecule has 2 aromatic rings. The van der Waals surface area contributed by atoms with Crippen LogP contribution in [-0.2, 0) is 18.3 Å². The first-order chi connectivity index (χ1) is 9.25. The first kappa shape index (κ1) is 13.6. The minimum Gasteiger partial charge on any atom is -0.355 e. The molecule has 2 rings (SSSR count). The lowest BCUT2D eigenvalue weighted by Gasteiger charge is -2.05. The molecule has 5 nitrogen and oxygen atoms in total. The van der Waals surface area contributed by atoms with Gasteiger partial charge in [0.15, 0.2) is 5.16 Å². The molecular weight excluding hydrogens is 260 g/mol. The van der Waals surface area contributed by atoms with E-state index < -0.39 is 0 Å². The monoisotopic (exact) mass is 276 g/mol. The average molecular weight is 276 g/mol. The second kappa shape index (κ2) is 6.94. The Labute approximate surface area is 116 Å². The van der Waals surface area contributed by atoms with Crippen molar-refractivity contribution in [2.45, 2.75) is 11.6 Å². The second-order valence-electron chi connectivity index (χ2n) is 4.05. The summed E-state index contributed by atoms with van der Waals surface area (Å²) in [6, 6.07) is 3.70. The molecule has 0 aliphatic rings. The van der Waals surface area contributed by atoms with Crippen molar-refractivity contribution in [1.82, 2.24) is 19.9 Å². The SMILES string of the molecule is Cn1ccnc1SCCNC(=O)Cc1ccncc1. The highest BCUT2D eigenvalue weighted by molar-refractivity contribution is 7.99. The Balaban J connectivity index is 1.66. The quantitative estimate of drug-likeness (QED) is 0.637. The number of rotatable bonds is 6. The molecule has 0 bridgehead atoms. The van der Waals surface area contributed by atoms with Crippen molar-refractivity contribution in [3.05, 3.63) is 42.5 Å². The van der Waals surface area contributed by atoms with Gasteiger partial charge in [0.2, 0.25) is 5.91 Å². The number of amides is 1. The molecule has 0 radical (unpaired) electrons. The van der Waals surface area contributed by atoms with Crippen LogP contribution in [-0.4, -0.2) is 32.7 Å². The van der Waals surface area contributed by atoms with Crippen LogP contribution in [0.15, 0.2) is 42.1 Å². The number of nitrogens with one attached hydrogen (secondary N) is 1. The third-order valence-electron chi connectivity index (χ3n) is 2.55. The first-order valence-electron chi connectivity index (χ1n) is 6.01. The zero-order valence-electron chi connectivity index (χ0n) is 10.7. The molecule has 0 saturated heterocycles. The van der Waals surface area contributed by atoms with Crippen molar-refractivity contribution in [2.24, 2.45) is 7.05 Å². The molecule has 2 aromatic heterocycles. The minimum absolute atomic E-state index is 0.0339. The van der Waals surface area contributed by atoms with Gasteiger partial charge in [-0.15, -0.1) is 0 Å². The molecule has 0 atom stereocenters. The van der Waals surface area contributed by atoms with Crippen molar-refractivity contribution >= 4 is 17.7 Å². The van der Waals surface area contributed by atoms with Crippen LogP contribution >= 0.6 is 11.8 Å². The highest BCUT2D eigenvalue weighted by Crippen LogP contribution is 2.12. The molecular formula is C13H16N4OS. The van der Waals surface area contributed by atoms with Crippen LogP contribution in [0.3, 0.4) is 0 Å². The number of pyridine rings is 1. The number of hydrogen-bond acceptors (Lipinski definition) is 4. The molecule has 0 aliphatic heterocycles. The fourth-order valence-electron chi connectivity index (χ4n) is 1.57. The maximum atomic E-state index is 11.7. The van der Waals surface area contributed by atoms with E-state index in [1.165, 1.54) is 0 Å². The predicted molar refractivity (Wildman–Crippen MR) is 74.9 cm³/mol. The third kappa shape index (κ3) is 4.40. The maximum absolute atomic E-state index is 11.7. The molecule has 0 saturated carbocycles. The largest absolute Gasteiger partial charge is 0.355 e. The topological polar surface area (TPSA) is 59.8 Å². The molecule has 0 fully saturated rings. The second-order valence-corrected chi connectivity index (χ2v) is 5.11. The van der Waals surface area contributed by atoms with Crippen LogP contribution in [0.1, 0.15) is 5.56 Å². The van der Waals surface area contributed by atoms with Crippen LogP contribution in [0, 0.1) is 0 Å². The summed E-state index contributed by atoms with van der Waals surface area (Å²) in [6.45, 7) is 0.640. The Hall–Kier alpha value is -1.82. The summed E-state index contributed by atoms with van der Waals surface area (Å²) in [7, 11) is 1.96. The summed E-state index contributed by atoms with van der Waals surface area (Å²) in [5.74, 6) is 0.846. The molecule has 1 amide bonds. The van der Waals surface area contributed by atoms with Gasteiger partial charge in [0.1, 0.15) is 0 Å². The van der Waals surface area contributed by atoms with E-state index in [2.05, 4.69) is 15.3 Å². The van der Waals surface area contributed by atoms with Gasteiger partial charge in [-0.25, -0.2) is 4.98 Å². The van der Waals surface area contributed by atoms with Crippen LogP contribution < -0.4 is 5.32 Å². The zero-order valence-corrected chi connectivity index (χ0v) is 11.6. The first-order valence-corrected chi connectivity index (χ1v) is 7.00. The number of nitrogens with zero attached hydrogens (tertiary/aromatic N) is 3. The summed E-state index contributed by atoms with van der Waals surface area (Å²) in [5, 5.41) is 3.86. The van der Waals surface area contributed by atoms with E-state index in [4.69, 9.17) is 0 Å². The molecule has 2 heterocycles. The molecule has 0 aromatic carbocycles. The van der Waals surface area contributed by atoms with Gasteiger partial charge in [-0.05, 0) is 17.7 Å². The normalized spacial score (nSPS) is 10.4. The Morgan fingerprint density at radius 3 is 2.84 bits per heavy atom. The minimum atomic E-state index is 0.0339. The third-order valence-corrected chi connectivity index (χ3v) is 3.61. The fourth-order valence-corrected chi connectivity index (χ4v) is 2.36. The Morgan fingerprint density at radius 2 is 2.16 bits per heavy atom. The van der Waals surface area contributed by atoms with Crippen molar-refractivity contribution in [2.75, 3.05) is 12.3 Å². The molecule has 0 aliphatic carbocycles. The van der Waals surface area contributed by atoms with Crippen molar-refractivity contribution in [3.63, 3.8) is 0 Å². The summed E-state index contributed by atoms with van der Waals surface area (Å²) < 4.78 is 1.96. The van der Waals surface area contributed by atoms with Crippen LogP contribution in [0.25, 0.3) is 0 Å². The van der Waals surface area contributed by atoms with E-state index in [1.807, 2.05) is 29.9 Å². The lowest BCUT2D eigenvalue weighted by molar-refractivity contribution is -0.120. The predicted octanol–water partition coefficient (Wildman–Crippen LogP) is 1.27. The van der Waals surface area contributed by atoms with Gasteiger partial charge < -0.3 is 9.88 Å². The van der Waals surface area contributed by atoms with Gasteiger partial charge in [-0.2, -0.15) is 0 Å². The smallest absolute Gasteiger partial charge is 0.224 e.